The lowest BCUT2D eigenvalue weighted by Crippen LogP contribution is -2.40. The Balaban J connectivity index is 2.13. The molecular formula is C14H18N2O3. The van der Waals surface area contributed by atoms with Crippen LogP contribution in [-0.4, -0.2) is 24.5 Å². The number of esters is 1. The van der Waals surface area contributed by atoms with Gasteiger partial charge in [-0.3, -0.25) is 9.59 Å². The molecule has 0 bridgehead atoms. The second kappa shape index (κ2) is 5.73. The first-order valence-electron chi connectivity index (χ1n) is 6.50. The standard InChI is InChI=1S/C14H18N2O3/c1-3-9-5-6-10-11(7-9)15-12(14(18)16-10)8-13(17)19-4-2/h5-7,12,15H,3-4,8H2,1-2H3,(H,16,18). The summed E-state index contributed by atoms with van der Waals surface area (Å²) in [6.45, 7) is 4.14. The van der Waals surface area contributed by atoms with Crippen LogP contribution in [0.1, 0.15) is 25.8 Å². The maximum Gasteiger partial charge on any atom is 0.308 e. The van der Waals surface area contributed by atoms with Gasteiger partial charge in [-0.25, -0.2) is 0 Å². The van der Waals surface area contributed by atoms with Crippen molar-refractivity contribution in [2.75, 3.05) is 17.2 Å². The van der Waals surface area contributed by atoms with Crippen LogP contribution in [0.4, 0.5) is 11.4 Å². The van der Waals surface area contributed by atoms with Crippen LogP contribution in [0.3, 0.4) is 0 Å². The molecule has 1 heterocycles. The molecule has 1 amide bonds. The molecule has 0 aromatic heterocycles. The van der Waals surface area contributed by atoms with Crippen molar-refractivity contribution in [3.8, 4) is 0 Å². The smallest absolute Gasteiger partial charge is 0.308 e. The molecule has 2 rings (SSSR count). The number of hydrogen-bond acceptors (Lipinski definition) is 4. The van der Waals surface area contributed by atoms with E-state index in [9.17, 15) is 9.59 Å². The number of rotatable bonds is 4. The maximum atomic E-state index is 11.9. The van der Waals surface area contributed by atoms with Gasteiger partial charge in [0.05, 0.1) is 24.4 Å². The molecule has 0 aliphatic carbocycles. The normalized spacial score (nSPS) is 17.2. The van der Waals surface area contributed by atoms with E-state index in [2.05, 4.69) is 17.6 Å². The van der Waals surface area contributed by atoms with Crippen LogP contribution >= 0.6 is 0 Å². The molecule has 1 unspecified atom stereocenters. The second-order valence-electron chi connectivity index (χ2n) is 4.43. The Labute approximate surface area is 112 Å². The molecular weight excluding hydrogens is 244 g/mol. The topological polar surface area (TPSA) is 67.4 Å². The number of fused-ring (bicyclic) bond motifs is 1. The predicted octanol–water partition coefficient (Wildman–Crippen LogP) is 1.93. The minimum Gasteiger partial charge on any atom is -0.466 e. The Morgan fingerprint density at radius 2 is 2.11 bits per heavy atom. The Hall–Kier alpha value is -2.04. The molecule has 0 saturated carbocycles. The third-order valence-electron chi connectivity index (χ3n) is 3.07. The minimum atomic E-state index is -0.571. The van der Waals surface area contributed by atoms with E-state index in [1.807, 2.05) is 18.2 Å². The SMILES string of the molecule is CCOC(=O)CC1Nc2cc(CC)ccc2NC1=O. The van der Waals surface area contributed by atoms with Gasteiger partial charge in [0.1, 0.15) is 6.04 Å². The molecule has 1 aliphatic rings. The Morgan fingerprint density at radius 3 is 2.79 bits per heavy atom. The van der Waals surface area contributed by atoms with Crippen molar-refractivity contribution < 1.29 is 14.3 Å². The van der Waals surface area contributed by atoms with E-state index in [1.54, 1.807) is 6.92 Å². The highest BCUT2D eigenvalue weighted by atomic mass is 16.5. The first kappa shape index (κ1) is 13.4. The number of amides is 1. The maximum absolute atomic E-state index is 11.9. The fourth-order valence-electron chi connectivity index (χ4n) is 2.04. The second-order valence-corrected chi connectivity index (χ2v) is 4.43. The first-order valence-corrected chi connectivity index (χ1v) is 6.50. The average Bonchev–Trinajstić information content (AvgIpc) is 2.39. The molecule has 2 N–H and O–H groups in total. The zero-order chi connectivity index (χ0) is 13.8. The molecule has 1 aromatic rings. The zero-order valence-corrected chi connectivity index (χ0v) is 11.2. The van der Waals surface area contributed by atoms with Crippen molar-refractivity contribution >= 4 is 23.3 Å². The lowest BCUT2D eigenvalue weighted by Gasteiger charge is -2.26. The highest BCUT2D eigenvalue weighted by Gasteiger charge is 2.28. The van der Waals surface area contributed by atoms with E-state index in [0.29, 0.717) is 6.61 Å². The van der Waals surface area contributed by atoms with Gasteiger partial charge in [-0.15, -0.1) is 0 Å². The molecule has 0 radical (unpaired) electrons. The summed E-state index contributed by atoms with van der Waals surface area (Å²) < 4.78 is 4.87. The molecule has 0 saturated heterocycles. The Kier molecular flexibility index (Phi) is 4.04. The lowest BCUT2D eigenvalue weighted by molar-refractivity contribution is -0.144. The van der Waals surface area contributed by atoms with Gasteiger partial charge in [-0.1, -0.05) is 13.0 Å². The number of nitrogens with one attached hydrogen (secondary N) is 2. The van der Waals surface area contributed by atoms with Crippen LogP contribution in [-0.2, 0) is 20.7 Å². The fraction of sp³-hybridized carbons (Fsp3) is 0.429. The van der Waals surface area contributed by atoms with Crippen molar-refractivity contribution in [1.29, 1.82) is 0 Å². The van der Waals surface area contributed by atoms with Crippen LogP contribution in [0.15, 0.2) is 18.2 Å². The number of carbonyl (C=O) groups excluding carboxylic acids is 2. The van der Waals surface area contributed by atoms with E-state index in [1.165, 1.54) is 5.56 Å². The predicted molar refractivity (Wildman–Crippen MR) is 73.1 cm³/mol. The minimum absolute atomic E-state index is 0.0372. The molecule has 1 aromatic carbocycles. The highest BCUT2D eigenvalue weighted by Crippen LogP contribution is 2.28. The summed E-state index contributed by atoms with van der Waals surface area (Å²) in [7, 11) is 0. The Morgan fingerprint density at radius 1 is 1.32 bits per heavy atom. The quantitative estimate of drug-likeness (QED) is 0.814. The van der Waals surface area contributed by atoms with Gasteiger partial charge >= 0.3 is 5.97 Å². The van der Waals surface area contributed by atoms with Gasteiger partial charge in [0.15, 0.2) is 0 Å². The number of anilines is 2. The number of carbonyl (C=O) groups is 2. The number of ether oxygens (including phenoxy) is 1. The van der Waals surface area contributed by atoms with Crippen molar-refractivity contribution in [3.05, 3.63) is 23.8 Å². The molecule has 0 fully saturated rings. The van der Waals surface area contributed by atoms with Gasteiger partial charge in [0.25, 0.3) is 0 Å². The van der Waals surface area contributed by atoms with Crippen molar-refractivity contribution in [3.63, 3.8) is 0 Å². The van der Waals surface area contributed by atoms with E-state index in [4.69, 9.17) is 4.74 Å². The third-order valence-corrected chi connectivity index (χ3v) is 3.07. The van der Waals surface area contributed by atoms with Gasteiger partial charge in [-0.05, 0) is 31.0 Å². The monoisotopic (exact) mass is 262 g/mol. The summed E-state index contributed by atoms with van der Waals surface area (Å²) in [6, 6.07) is 5.28. The highest BCUT2D eigenvalue weighted by molar-refractivity contribution is 6.04. The van der Waals surface area contributed by atoms with E-state index < -0.39 is 6.04 Å². The number of benzene rings is 1. The van der Waals surface area contributed by atoms with Crippen LogP contribution in [0.5, 0.6) is 0 Å². The molecule has 5 nitrogen and oxygen atoms in total. The summed E-state index contributed by atoms with van der Waals surface area (Å²) in [5.41, 5.74) is 2.79. The van der Waals surface area contributed by atoms with E-state index in [0.717, 1.165) is 17.8 Å². The van der Waals surface area contributed by atoms with E-state index >= 15 is 0 Å². The van der Waals surface area contributed by atoms with Crippen LogP contribution in [0.25, 0.3) is 0 Å². The molecule has 19 heavy (non-hydrogen) atoms. The fourth-order valence-corrected chi connectivity index (χ4v) is 2.04. The largest absolute Gasteiger partial charge is 0.466 e. The number of hydrogen-bond donors (Lipinski definition) is 2. The lowest BCUT2D eigenvalue weighted by atomic mass is 10.1. The summed E-state index contributed by atoms with van der Waals surface area (Å²) in [4.78, 5) is 23.3. The van der Waals surface area contributed by atoms with Gasteiger partial charge in [0, 0.05) is 0 Å². The van der Waals surface area contributed by atoms with Crippen LogP contribution in [0.2, 0.25) is 0 Å². The van der Waals surface area contributed by atoms with Gasteiger partial charge in [-0.2, -0.15) is 0 Å². The first-order chi connectivity index (χ1) is 9.13. The average molecular weight is 262 g/mol. The van der Waals surface area contributed by atoms with Crippen LogP contribution in [0, 0.1) is 0 Å². The van der Waals surface area contributed by atoms with Crippen molar-refractivity contribution in [2.24, 2.45) is 0 Å². The molecule has 0 spiro atoms. The number of aryl methyl sites for hydroxylation is 1. The molecule has 5 heteroatoms. The zero-order valence-electron chi connectivity index (χ0n) is 11.2. The van der Waals surface area contributed by atoms with E-state index in [-0.39, 0.29) is 18.3 Å². The summed E-state index contributed by atoms with van der Waals surface area (Å²) >= 11 is 0. The molecule has 102 valence electrons. The summed E-state index contributed by atoms with van der Waals surface area (Å²) in [6.07, 6.45) is 0.959. The van der Waals surface area contributed by atoms with Gasteiger partial charge < -0.3 is 15.4 Å². The van der Waals surface area contributed by atoms with Crippen molar-refractivity contribution in [2.45, 2.75) is 32.7 Å². The van der Waals surface area contributed by atoms with Crippen LogP contribution < -0.4 is 10.6 Å². The Bertz CT molecular complexity index is 499. The molecule has 1 aliphatic heterocycles. The summed E-state index contributed by atoms with van der Waals surface area (Å²) in [5, 5.41) is 5.90. The van der Waals surface area contributed by atoms with Crippen molar-refractivity contribution in [1.82, 2.24) is 0 Å². The molecule has 1 atom stereocenters. The van der Waals surface area contributed by atoms with Gasteiger partial charge in [0.2, 0.25) is 5.91 Å². The third kappa shape index (κ3) is 3.05. The summed E-state index contributed by atoms with van der Waals surface area (Å²) in [5.74, 6) is -0.574.